The maximum Gasteiger partial charge on any atom is 0.0897 e. The van der Waals surface area contributed by atoms with E-state index in [1.807, 2.05) is 31.2 Å². The molecule has 0 aliphatic carbocycles. The molecule has 4 heteroatoms. The molecule has 0 saturated carbocycles. The first kappa shape index (κ1) is 9.21. The van der Waals surface area contributed by atoms with Crippen LogP contribution in [0.1, 0.15) is 17.0 Å². The molecule has 0 radical (unpaired) electrons. The van der Waals surface area contributed by atoms with Gasteiger partial charge in [-0.3, -0.25) is 0 Å². The molecule has 1 heterocycles. The fourth-order valence-corrected chi connectivity index (χ4v) is 1.53. The Labute approximate surface area is 87.1 Å². The first-order chi connectivity index (χ1) is 6.75. The summed E-state index contributed by atoms with van der Waals surface area (Å²) < 4.78 is 0. The average molecular weight is 208 g/mol. The number of nitrogens with one attached hydrogen (secondary N) is 1. The Morgan fingerprint density at radius 2 is 2.21 bits per heavy atom. The number of hydrogen-bond donors (Lipinski definition) is 1. The maximum absolute atomic E-state index is 5.88. The van der Waals surface area contributed by atoms with Gasteiger partial charge in [-0.2, -0.15) is 15.4 Å². The molecule has 0 amide bonds. The molecular weight excluding hydrogens is 198 g/mol. The fraction of sp³-hybridized carbons (Fsp3) is 0.200. The van der Waals surface area contributed by atoms with E-state index in [2.05, 4.69) is 15.4 Å². The normalized spacial score (nSPS) is 10.4. The summed E-state index contributed by atoms with van der Waals surface area (Å²) in [6.07, 6.45) is 0.767. The van der Waals surface area contributed by atoms with Gasteiger partial charge in [-0.15, -0.1) is 0 Å². The largest absolute Gasteiger partial charge is 0.197 e. The SMILES string of the molecule is Cc1n[nH]nc1Cc1cccc(Cl)c1. The van der Waals surface area contributed by atoms with Crippen molar-refractivity contribution >= 4 is 11.6 Å². The molecule has 2 aromatic rings. The molecule has 0 bridgehead atoms. The van der Waals surface area contributed by atoms with E-state index in [1.165, 1.54) is 0 Å². The first-order valence-corrected chi connectivity index (χ1v) is 4.74. The van der Waals surface area contributed by atoms with Crippen molar-refractivity contribution in [2.24, 2.45) is 0 Å². The molecule has 2 rings (SSSR count). The third-order valence-electron chi connectivity index (χ3n) is 2.08. The van der Waals surface area contributed by atoms with Crippen LogP contribution < -0.4 is 0 Å². The van der Waals surface area contributed by atoms with Crippen LogP contribution in [0.3, 0.4) is 0 Å². The summed E-state index contributed by atoms with van der Waals surface area (Å²) in [6, 6.07) is 7.77. The smallest absolute Gasteiger partial charge is 0.0897 e. The Morgan fingerprint density at radius 1 is 1.36 bits per heavy atom. The molecule has 72 valence electrons. The Morgan fingerprint density at radius 3 is 2.86 bits per heavy atom. The number of H-pyrrole nitrogens is 1. The van der Waals surface area contributed by atoms with Gasteiger partial charge in [0, 0.05) is 11.4 Å². The zero-order valence-corrected chi connectivity index (χ0v) is 8.54. The fourth-order valence-electron chi connectivity index (χ4n) is 1.31. The van der Waals surface area contributed by atoms with Crippen LogP contribution in [0.2, 0.25) is 5.02 Å². The number of aromatic nitrogens is 3. The monoisotopic (exact) mass is 207 g/mol. The van der Waals surface area contributed by atoms with E-state index in [1.54, 1.807) is 0 Å². The lowest BCUT2D eigenvalue weighted by atomic mass is 10.1. The minimum Gasteiger partial charge on any atom is -0.197 e. The minimum atomic E-state index is 0.753. The topological polar surface area (TPSA) is 41.6 Å². The lowest BCUT2D eigenvalue weighted by molar-refractivity contribution is 0.912. The minimum absolute atomic E-state index is 0.753. The van der Waals surface area contributed by atoms with Crippen LogP contribution in [-0.2, 0) is 6.42 Å². The summed E-state index contributed by atoms with van der Waals surface area (Å²) in [6.45, 7) is 1.93. The number of aryl methyl sites for hydroxylation is 1. The second-order valence-corrected chi connectivity index (χ2v) is 3.60. The van der Waals surface area contributed by atoms with Crippen molar-refractivity contribution in [2.75, 3.05) is 0 Å². The van der Waals surface area contributed by atoms with Crippen LogP contribution in [0.5, 0.6) is 0 Å². The van der Waals surface area contributed by atoms with E-state index in [0.717, 1.165) is 28.4 Å². The first-order valence-electron chi connectivity index (χ1n) is 4.36. The van der Waals surface area contributed by atoms with Gasteiger partial charge in [0.2, 0.25) is 0 Å². The zero-order chi connectivity index (χ0) is 9.97. The lowest BCUT2D eigenvalue weighted by Gasteiger charge is -1.98. The Hall–Kier alpha value is -1.35. The second-order valence-electron chi connectivity index (χ2n) is 3.16. The van der Waals surface area contributed by atoms with E-state index in [9.17, 15) is 0 Å². The third-order valence-corrected chi connectivity index (χ3v) is 2.32. The van der Waals surface area contributed by atoms with Gasteiger partial charge in [0.25, 0.3) is 0 Å². The highest BCUT2D eigenvalue weighted by atomic mass is 35.5. The predicted octanol–water partition coefficient (Wildman–Crippen LogP) is 2.36. The molecule has 0 atom stereocenters. The van der Waals surface area contributed by atoms with E-state index in [4.69, 9.17) is 11.6 Å². The van der Waals surface area contributed by atoms with E-state index in [0.29, 0.717) is 0 Å². The summed E-state index contributed by atoms with van der Waals surface area (Å²) in [7, 11) is 0. The van der Waals surface area contributed by atoms with E-state index < -0.39 is 0 Å². The average Bonchev–Trinajstić information content (AvgIpc) is 2.52. The molecule has 14 heavy (non-hydrogen) atoms. The number of nitrogens with zero attached hydrogens (tertiary/aromatic N) is 2. The number of benzene rings is 1. The van der Waals surface area contributed by atoms with Gasteiger partial charge in [-0.05, 0) is 24.6 Å². The molecule has 0 unspecified atom stereocenters. The van der Waals surface area contributed by atoms with Gasteiger partial charge >= 0.3 is 0 Å². The maximum atomic E-state index is 5.88. The van der Waals surface area contributed by atoms with Crippen LogP contribution in [0, 0.1) is 6.92 Å². The van der Waals surface area contributed by atoms with E-state index >= 15 is 0 Å². The molecule has 0 aliphatic rings. The van der Waals surface area contributed by atoms with Gasteiger partial charge in [-0.25, -0.2) is 0 Å². The number of aromatic amines is 1. The van der Waals surface area contributed by atoms with Crippen molar-refractivity contribution in [3.63, 3.8) is 0 Å². The van der Waals surface area contributed by atoms with Gasteiger partial charge < -0.3 is 0 Å². The van der Waals surface area contributed by atoms with Crippen molar-refractivity contribution in [3.05, 3.63) is 46.2 Å². The van der Waals surface area contributed by atoms with Crippen molar-refractivity contribution in [2.45, 2.75) is 13.3 Å². The molecule has 0 fully saturated rings. The molecule has 1 N–H and O–H groups in total. The van der Waals surface area contributed by atoms with Crippen LogP contribution in [0.25, 0.3) is 0 Å². The van der Waals surface area contributed by atoms with Crippen LogP contribution in [0.15, 0.2) is 24.3 Å². The van der Waals surface area contributed by atoms with E-state index in [-0.39, 0.29) is 0 Å². The standard InChI is InChI=1S/C10H10ClN3/c1-7-10(13-14-12-7)6-8-3-2-4-9(11)5-8/h2-5H,6H2,1H3,(H,12,13,14). The highest BCUT2D eigenvalue weighted by molar-refractivity contribution is 6.30. The van der Waals surface area contributed by atoms with Crippen molar-refractivity contribution in [1.29, 1.82) is 0 Å². The van der Waals surface area contributed by atoms with Crippen molar-refractivity contribution in [3.8, 4) is 0 Å². The second kappa shape index (κ2) is 3.80. The van der Waals surface area contributed by atoms with Crippen LogP contribution >= 0.6 is 11.6 Å². The molecular formula is C10H10ClN3. The summed E-state index contributed by atoms with van der Waals surface area (Å²) in [5.74, 6) is 0. The lowest BCUT2D eigenvalue weighted by Crippen LogP contribution is -1.90. The van der Waals surface area contributed by atoms with Crippen LogP contribution in [-0.4, -0.2) is 15.4 Å². The van der Waals surface area contributed by atoms with Gasteiger partial charge in [0.15, 0.2) is 0 Å². The van der Waals surface area contributed by atoms with Gasteiger partial charge in [0.05, 0.1) is 11.4 Å². The molecule has 0 spiro atoms. The van der Waals surface area contributed by atoms with Crippen molar-refractivity contribution in [1.82, 2.24) is 15.4 Å². The summed E-state index contributed by atoms with van der Waals surface area (Å²) in [4.78, 5) is 0. The molecule has 3 nitrogen and oxygen atoms in total. The Balaban J connectivity index is 2.23. The van der Waals surface area contributed by atoms with Gasteiger partial charge in [-0.1, -0.05) is 23.7 Å². The summed E-state index contributed by atoms with van der Waals surface area (Å²) in [5, 5.41) is 11.4. The predicted molar refractivity (Wildman–Crippen MR) is 55.4 cm³/mol. The van der Waals surface area contributed by atoms with Crippen molar-refractivity contribution < 1.29 is 0 Å². The Bertz CT molecular complexity index is 436. The highest BCUT2D eigenvalue weighted by Gasteiger charge is 2.03. The molecule has 0 saturated heterocycles. The molecule has 1 aromatic heterocycles. The number of rotatable bonds is 2. The Kier molecular flexibility index (Phi) is 2.50. The summed E-state index contributed by atoms with van der Waals surface area (Å²) in [5.41, 5.74) is 3.05. The number of hydrogen-bond acceptors (Lipinski definition) is 2. The summed E-state index contributed by atoms with van der Waals surface area (Å²) >= 11 is 5.88. The highest BCUT2D eigenvalue weighted by Crippen LogP contribution is 2.14. The third kappa shape index (κ3) is 1.93. The zero-order valence-electron chi connectivity index (χ0n) is 7.79. The quantitative estimate of drug-likeness (QED) is 0.822. The van der Waals surface area contributed by atoms with Gasteiger partial charge in [0.1, 0.15) is 0 Å². The van der Waals surface area contributed by atoms with Crippen LogP contribution in [0.4, 0.5) is 0 Å². The molecule has 1 aromatic carbocycles. The number of halogens is 1. The molecule has 0 aliphatic heterocycles.